The van der Waals surface area contributed by atoms with E-state index in [0.29, 0.717) is 29.2 Å². The van der Waals surface area contributed by atoms with E-state index >= 15 is 0 Å². The average Bonchev–Trinajstić information content (AvgIpc) is 3.57. The van der Waals surface area contributed by atoms with E-state index < -0.39 is 27.1 Å². The molecule has 2 amide bonds. The van der Waals surface area contributed by atoms with Crippen LogP contribution in [0.3, 0.4) is 0 Å². The number of thiazole rings is 1. The molecule has 0 saturated heterocycles. The number of amides is 2. The molecule has 4 aromatic rings. The highest BCUT2D eigenvalue weighted by molar-refractivity contribution is 7.90. The number of carbonyl (C=O) groups is 2. The van der Waals surface area contributed by atoms with Crippen LogP contribution in [0.15, 0.2) is 48.0 Å². The summed E-state index contributed by atoms with van der Waals surface area (Å²) in [6.07, 6.45) is 4.41. The van der Waals surface area contributed by atoms with E-state index in [9.17, 15) is 18.0 Å². The number of nitrogens with one attached hydrogen (secondary N) is 2. The summed E-state index contributed by atoms with van der Waals surface area (Å²) in [4.78, 5) is 34.7. The second-order valence-electron chi connectivity index (χ2n) is 10.6. The molecule has 0 unspecified atom stereocenters. The summed E-state index contributed by atoms with van der Waals surface area (Å²) in [5, 5.41) is 7.09. The third-order valence-electron chi connectivity index (χ3n) is 7.12. The average molecular weight is 592 g/mol. The standard InChI is InChI=1S/C30H33N5O4S2/c1-18(2)41(38,39)35-16-25(24-10-5-6-11-27(24)35)29(37)31-15-28(36)34-30-33-26(17-40-30)22-9-7-8-21(14-22)23-12-19(3)32-20(4)13-23/h7-9,12-14,16-18H,5-6,10-11,15H2,1-4H3,(H,31,37)(H,33,34,36). The maximum Gasteiger partial charge on any atom is 0.253 e. The zero-order valence-electron chi connectivity index (χ0n) is 23.5. The molecule has 0 radical (unpaired) electrons. The first-order chi connectivity index (χ1) is 19.5. The number of fused-ring (bicyclic) bond motifs is 1. The van der Waals surface area contributed by atoms with Crippen LogP contribution in [0.4, 0.5) is 5.13 Å². The van der Waals surface area contributed by atoms with E-state index in [1.54, 1.807) is 13.8 Å². The summed E-state index contributed by atoms with van der Waals surface area (Å²) < 4.78 is 27.0. The van der Waals surface area contributed by atoms with Gasteiger partial charge >= 0.3 is 0 Å². The number of anilines is 1. The summed E-state index contributed by atoms with van der Waals surface area (Å²) in [6.45, 7) is 6.93. The molecule has 214 valence electrons. The lowest BCUT2D eigenvalue weighted by molar-refractivity contribution is -0.115. The smallest absolute Gasteiger partial charge is 0.253 e. The van der Waals surface area contributed by atoms with E-state index in [0.717, 1.165) is 52.2 Å². The summed E-state index contributed by atoms with van der Waals surface area (Å²) in [6, 6.07) is 12.1. The van der Waals surface area contributed by atoms with Crippen LogP contribution in [-0.2, 0) is 27.7 Å². The van der Waals surface area contributed by atoms with Gasteiger partial charge in [0.2, 0.25) is 15.9 Å². The normalized spacial score (nSPS) is 13.2. The van der Waals surface area contributed by atoms with Gasteiger partial charge in [0.25, 0.3) is 5.91 Å². The largest absolute Gasteiger partial charge is 0.343 e. The van der Waals surface area contributed by atoms with Gasteiger partial charge in [0.15, 0.2) is 5.13 Å². The van der Waals surface area contributed by atoms with Crippen LogP contribution in [0.2, 0.25) is 0 Å². The first-order valence-electron chi connectivity index (χ1n) is 13.6. The number of aromatic nitrogens is 3. The van der Waals surface area contributed by atoms with Gasteiger partial charge in [-0.15, -0.1) is 11.3 Å². The monoisotopic (exact) mass is 591 g/mol. The summed E-state index contributed by atoms with van der Waals surface area (Å²) >= 11 is 1.30. The number of benzene rings is 1. The van der Waals surface area contributed by atoms with Crippen molar-refractivity contribution in [2.24, 2.45) is 0 Å². The molecule has 3 aromatic heterocycles. The number of aryl methyl sites for hydroxylation is 2. The zero-order chi connectivity index (χ0) is 29.3. The SMILES string of the molecule is Cc1cc(-c2cccc(-c3csc(NC(=O)CNC(=O)c4cn(S(=O)(=O)C(C)C)c5c4CCCC5)n3)c2)cc(C)n1. The molecule has 0 spiro atoms. The third kappa shape index (κ3) is 6.11. The van der Waals surface area contributed by atoms with Crippen molar-refractivity contribution in [2.75, 3.05) is 11.9 Å². The Bertz CT molecular complexity index is 1720. The molecular weight excluding hydrogens is 558 g/mol. The Hall–Kier alpha value is -3.83. The van der Waals surface area contributed by atoms with E-state index in [1.165, 1.54) is 21.5 Å². The fourth-order valence-electron chi connectivity index (χ4n) is 5.09. The van der Waals surface area contributed by atoms with Crippen LogP contribution in [0.1, 0.15) is 59.7 Å². The maximum atomic E-state index is 13.0. The van der Waals surface area contributed by atoms with Crippen molar-refractivity contribution < 1.29 is 18.0 Å². The molecule has 1 aliphatic carbocycles. The summed E-state index contributed by atoms with van der Waals surface area (Å²) in [7, 11) is -3.60. The Balaban J connectivity index is 1.25. The van der Waals surface area contributed by atoms with Crippen molar-refractivity contribution in [2.45, 2.75) is 58.6 Å². The Kier molecular flexibility index (Phi) is 8.10. The van der Waals surface area contributed by atoms with Crippen LogP contribution in [0, 0.1) is 13.8 Å². The number of nitrogens with zero attached hydrogens (tertiary/aromatic N) is 3. The van der Waals surface area contributed by atoms with Gasteiger partial charge in [-0.1, -0.05) is 18.2 Å². The molecule has 0 atom stereocenters. The maximum absolute atomic E-state index is 13.0. The van der Waals surface area contributed by atoms with Gasteiger partial charge in [-0.3, -0.25) is 14.6 Å². The van der Waals surface area contributed by atoms with E-state index in [2.05, 4.69) is 26.7 Å². The minimum atomic E-state index is -3.60. The molecule has 9 nitrogen and oxygen atoms in total. The molecule has 0 fully saturated rings. The minimum Gasteiger partial charge on any atom is -0.343 e. The number of carbonyl (C=O) groups excluding carboxylic acids is 2. The highest BCUT2D eigenvalue weighted by atomic mass is 32.2. The van der Waals surface area contributed by atoms with E-state index in [4.69, 9.17) is 0 Å². The van der Waals surface area contributed by atoms with Gasteiger partial charge < -0.3 is 10.6 Å². The van der Waals surface area contributed by atoms with Crippen LogP contribution >= 0.6 is 11.3 Å². The van der Waals surface area contributed by atoms with Crippen molar-refractivity contribution in [3.63, 3.8) is 0 Å². The fourth-order valence-corrected chi connectivity index (χ4v) is 7.04. The van der Waals surface area contributed by atoms with Gasteiger partial charge in [-0.05, 0) is 88.3 Å². The topological polar surface area (TPSA) is 123 Å². The Morgan fingerprint density at radius 3 is 2.44 bits per heavy atom. The molecule has 0 saturated carbocycles. The zero-order valence-corrected chi connectivity index (χ0v) is 25.2. The highest BCUT2D eigenvalue weighted by Crippen LogP contribution is 2.30. The molecule has 1 aromatic carbocycles. The molecule has 1 aliphatic rings. The molecule has 0 aliphatic heterocycles. The molecule has 11 heteroatoms. The third-order valence-corrected chi connectivity index (χ3v) is 9.95. The first kappa shape index (κ1) is 28.7. The van der Waals surface area contributed by atoms with Crippen molar-refractivity contribution in [3.8, 4) is 22.4 Å². The van der Waals surface area contributed by atoms with Gasteiger partial charge in [0.05, 0.1) is 23.1 Å². The van der Waals surface area contributed by atoms with Crippen molar-refractivity contribution in [1.29, 1.82) is 0 Å². The molecule has 2 N–H and O–H groups in total. The molecule has 3 heterocycles. The van der Waals surface area contributed by atoms with Crippen LogP contribution in [-0.4, -0.2) is 46.0 Å². The van der Waals surface area contributed by atoms with Crippen molar-refractivity contribution >= 4 is 38.3 Å². The molecule has 0 bridgehead atoms. The van der Waals surface area contributed by atoms with Crippen molar-refractivity contribution in [1.82, 2.24) is 19.3 Å². The highest BCUT2D eigenvalue weighted by Gasteiger charge is 2.29. The van der Waals surface area contributed by atoms with Gasteiger partial charge in [0.1, 0.15) is 0 Å². The van der Waals surface area contributed by atoms with E-state index in [-0.39, 0.29) is 6.54 Å². The Morgan fingerprint density at radius 2 is 1.71 bits per heavy atom. The molecule has 5 rings (SSSR count). The van der Waals surface area contributed by atoms with Crippen LogP contribution in [0.5, 0.6) is 0 Å². The predicted octanol–water partition coefficient (Wildman–Crippen LogP) is 5.12. The predicted molar refractivity (Wildman–Crippen MR) is 162 cm³/mol. The number of hydrogen-bond acceptors (Lipinski definition) is 7. The fraction of sp³-hybridized carbons (Fsp3) is 0.333. The van der Waals surface area contributed by atoms with Gasteiger partial charge in [-0.25, -0.2) is 17.4 Å². The lowest BCUT2D eigenvalue weighted by Crippen LogP contribution is -2.33. The van der Waals surface area contributed by atoms with E-state index in [1.807, 2.05) is 49.6 Å². The minimum absolute atomic E-state index is 0.263. The second kappa shape index (κ2) is 11.6. The number of hydrogen-bond donors (Lipinski definition) is 2. The summed E-state index contributed by atoms with van der Waals surface area (Å²) in [5.74, 6) is -0.881. The molecule has 41 heavy (non-hydrogen) atoms. The number of rotatable bonds is 8. The lowest BCUT2D eigenvalue weighted by atomic mass is 9.95. The molecular formula is C30H33N5O4S2. The van der Waals surface area contributed by atoms with Crippen LogP contribution in [0.25, 0.3) is 22.4 Å². The number of pyridine rings is 1. The van der Waals surface area contributed by atoms with Crippen molar-refractivity contribution in [3.05, 3.63) is 76.2 Å². The van der Waals surface area contributed by atoms with Gasteiger partial charge in [0, 0.05) is 34.2 Å². The quantitative estimate of drug-likeness (QED) is 0.293. The van der Waals surface area contributed by atoms with Gasteiger partial charge in [-0.2, -0.15) is 0 Å². The first-order valence-corrected chi connectivity index (χ1v) is 16.0. The second-order valence-corrected chi connectivity index (χ2v) is 13.8. The Labute approximate surface area is 244 Å². The Morgan fingerprint density at radius 1 is 1.00 bits per heavy atom. The summed E-state index contributed by atoms with van der Waals surface area (Å²) in [5.41, 5.74) is 7.43. The van der Waals surface area contributed by atoms with Crippen LogP contribution < -0.4 is 10.6 Å². The lowest BCUT2D eigenvalue weighted by Gasteiger charge is -2.17.